The quantitative estimate of drug-likeness (QED) is 0.470. The highest BCUT2D eigenvalue weighted by atomic mass is 35.5. The molecule has 0 heterocycles. The van der Waals surface area contributed by atoms with Gasteiger partial charge in [-0.15, -0.1) is 11.6 Å². The third-order valence-electron chi connectivity index (χ3n) is 1.99. The lowest BCUT2D eigenvalue weighted by Crippen LogP contribution is -2.51. The Morgan fingerprint density at radius 3 is 2.11 bits per heavy atom. The van der Waals surface area contributed by atoms with E-state index in [2.05, 4.69) is 9.44 Å². The van der Waals surface area contributed by atoms with Crippen LogP contribution in [0.2, 0.25) is 0 Å². The van der Waals surface area contributed by atoms with E-state index < -0.39 is 25.6 Å². The van der Waals surface area contributed by atoms with Crippen molar-refractivity contribution in [3.8, 4) is 0 Å². The summed E-state index contributed by atoms with van der Waals surface area (Å²) in [5.41, 5.74) is -0.868. The van der Waals surface area contributed by atoms with Crippen LogP contribution < -0.4 is 9.44 Å². The predicted molar refractivity (Wildman–Crippen MR) is 73.8 cm³/mol. The molecular weight excluding hydrogens is 300 g/mol. The van der Waals surface area contributed by atoms with Crippen molar-refractivity contribution in [1.29, 1.82) is 0 Å². The number of sulfonamides is 2. The molecule has 0 aromatic heterocycles. The van der Waals surface area contributed by atoms with Crippen LogP contribution in [0.25, 0.3) is 0 Å². The molecule has 6 nitrogen and oxygen atoms in total. The van der Waals surface area contributed by atoms with Crippen LogP contribution >= 0.6 is 11.6 Å². The summed E-state index contributed by atoms with van der Waals surface area (Å²) in [6.45, 7) is 3.22. The molecular formula is C9H21ClN2O4S2. The molecule has 2 N–H and O–H groups in total. The minimum atomic E-state index is -3.39. The Kier molecular flexibility index (Phi) is 7.09. The maximum Gasteiger partial charge on any atom is 0.211 e. The Bertz CT molecular complexity index is 445. The third-order valence-corrected chi connectivity index (χ3v) is 4.59. The van der Waals surface area contributed by atoms with E-state index in [9.17, 15) is 16.8 Å². The van der Waals surface area contributed by atoms with Crippen LogP contribution in [-0.2, 0) is 20.0 Å². The lowest BCUT2D eigenvalue weighted by atomic mass is 10.1. The standard InChI is InChI=1S/C9H21ClN2O4S2/c1-9(2,12-17(3,13)14)8-11-18(15,16)7-5-4-6-10/h11-12H,4-8H2,1-3H3. The second-order valence-corrected chi connectivity index (χ2v) is 8.85. The van der Waals surface area contributed by atoms with E-state index in [0.717, 1.165) is 6.26 Å². The molecule has 0 aliphatic heterocycles. The lowest BCUT2D eigenvalue weighted by Gasteiger charge is -2.25. The molecule has 0 atom stereocenters. The van der Waals surface area contributed by atoms with E-state index in [1.54, 1.807) is 13.8 Å². The molecule has 110 valence electrons. The number of nitrogens with one attached hydrogen (secondary N) is 2. The largest absolute Gasteiger partial charge is 0.213 e. The molecule has 0 saturated heterocycles. The van der Waals surface area contributed by atoms with Crippen molar-refractivity contribution in [2.75, 3.05) is 24.4 Å². The zero-order valence-corrected chi connectivity index (χ0v) is 13.3. The highest BCUT2D eigenvalue weighted by molar-refractivity contribution is 7.89. The molecule has 0 radical (unpaired) electrons. The fourth-order valence-corrected chi connectivity index (χ4v) is 3.86. The minimum Gasteiger partial charge on any atom is -0.213 e. The summed E-state index contributed by atoms with van der Waals surface area (Å²) in [6.07, 6.45) is 2.15. The van der Waals surface area contributed by atoms with Crippen molar-refractivity contribution in [3.05, 3.63) is 0 Å². The average molecular weight is 321 g/mol. The molecule has 0 aliphatic carbocycles. The SMILES string of the molecule is CC(C)(CNS(=O)(=O)CCCCCl)NS(C)(=O)=O. The molecule has 0 aliphatic rings. The second-order valence-electron chi connectivity index (χ2n) is 4.79. The van der Waals surface area contributed by atoms with Crippen LogP contribution in [-0.4, -0.2) is 46.8 Å². The molecule has 0 aromatic carbocycles. The van der Waals surface area contributed by atoms with Crippen molar-refractivity contribution < 1.29 is 16.8 Å². The van der Waals surface area contributed by atoms with Crippen molar-refractivity contribution in [2.24, 2.45) is 0 Å². The smallest absolute Gasteiger partial charge is 0.211 e. The fourth-order valence-electron chi connectivity index (χ4n) is 1.29. The van der Waals surface area contributed by atoms with Gasteiger partial charge in [0.15, 0.2) is 0 Å². The summed E-state index contributed by atoms with van der Waals surface area (Å²) in [4.78, 5) is 0. The van der Waals surface area contributed by atoms with Crippen LogP contribution in [0.3, 0.4) is 0 Å². The van der Waals surface area contributed by atoms with Crippen molar-refractivity contribution in [2.45, 2.75) is 32.2 Å². The molecule has 18 heavy (non-hydrogen) atoms. The first-order valence-electron chi connectivity index (χ1n) is 5.50. The molecule has 0 aromatic rings. The van der Waals surface area contributed by atoms with Gasteiger partial charge < -0.3 is 0 Å². The van der Waals surface area contributed by atoms with Gasteiger partial charge in [0, 0.05) is 18.0 Å². The maximum absolute atomic E-state index is 11.6. The number of rotatable bonds is 9. The summed E-state index contributed by atoms with van der Waals surface area (Å²) in [5, 5.41) is 0. The maximum atomic E-state index is 11.6. The van der Waals surface area contributed by atoms with E-state index in [-0.39, 0.29) is 12.3 Å². The Morgan fingerprint density at radius 2 is 1.67 bits per heavy atom. The normalized spacial score (nSPS) is 13.8. The summed E-state index contributed by atoms with van der Waals surface area (Å²) < 4.78 is 50.1. The number of unbranched alkanes of at least 4 members (excludes halogenated alkanes) is 1. The van der Waals surface area contributed by atoms with Gasteiger partial charge in [0.25, 0.3) is 0 Å². The average Bonchev–Trinajstić information content (AvgIpc) is 2.12. The Hall–Kier alpha value is 0.110. The van der Waals surface area contributed by atoms with Crippen LogP contribution in [0.4, 0.5) is 0 Å². The summed E-state index contributed by atoms with van der Waals surface area (Å²) in [5.74, 6) is 0.422. The highest BCUT2D eigenvalue weighted by Crippen LogP contribution is 2.04. The summed E-state index contributed by atoms with van der Waals surface area (Å²) in [6, 6.07) is 0. The van der Waals surface area contributed by atoms with Gasteiger partial charge in [-0.3, -0.25) is 0 Å². The van der Waals surface area contributed by atoms with Crippen molar-refractivity contribution >= 4 is 31.6 Å². The number of hydrogen-bond acceptors (Lipinski definition) is 4. The first-order valence-corrected chi connectivity index (χ1v) is 9.57. The molecule has 0 fully saturated rings. The zero-order chi connectivity index (χ0) is 14.4. The highest BCUT2D eigenvalue weighted by Gasteiger charge is 2.24. The first kappa shape index (κ1) is 18.1. The predicted octanol–water partition coefficient (Wildman–Crippen LogP) is 0.253. The van der Waals surface area contributed by atoms with Crippen LogP contribution in [0.15, 0.2) is 0 Å². The molecule has 0 spiro atoms. The Labute approximate surface area is 115 Å². The van der Waals surface area contributed by atoms with Gasteiger partial charge in [-0.2, -0.15) is 0 Å². The van der Waals surface area contributed by atoms with E-state index >= 15 is 0 Å². The summed E-state index contributed by atoms with van der Waals surface area (Å²) in [7, 11) is -6.76. The zero-order valence-electron chi connectivity index (χ0n) is 10.9. The molecule has 0 saturated carbocycles. The Balaban J connectivity index is 4.30. The van der Waals surface area contributed by atoms with Gasteiger partial charge in [-0.25, -0.2) is 26.3 Å². The van der Waals surface area contributed by atoms with Crippen molar-refractivity contribution in [3.63, 3.8) is 0 Å². The number of halogens is 1. The van der Waals surface area contributed by atoms with Gasteiger partial charge in [0.2, 0.25) is 20.0 Å². The molecule has 0 unspecified atom stereocenters. The number of alkyl halides is 1. The van der Waals surface area contributed by atoms with Gasteiger partial charge in [0.05, 0.1) is 12.0 Å². The van der Waals surface area contributed by atoms with Gasteiger partial charge >= 0.3 is 0 Å². The lowest BCUT2D eigenvalue weighted by molar-refractivity contribution is 0.445. The monoisotopic (exact) mass is 320 g/mol. The van der Waals surface area contributed by atoms with Gasteiger partial charge in [-0.1, -0.05) is 0 Å². The van der Waals surface area contributed by atoms with E-state index in [4.69, 9.17) is 11.6 Å². The van der Waals surface area contributed by atoms with Crippen LogP contribution in [0.1, 0.15) is 26.7 Å². The molecule has 0 rings (SSSR count). The third kappa shape index (κ3) is 10.1. The van der Waals surface area contributed by atoms with Crippen molar-refractivity contribution in [1.82, 2.24) is 9.44 Å². The molecule has 0 amide bonds. The van der Waals surface area contributed by atoms with Gasteiger partial charge in [-0.05, 0) is 26.7 Å². The number of hydrogen-bond donors (Lipinski definition) is 2. The van der Waals surface area contributed by atoms with E-state index in [0.29, 0.717) is 18.7 Å². The van der Waals surface area contributed by atoms with E-state index in [1.807, 2.05) is 0 Å². The van der Waals surface area contributed by atoms with Crippen LogP contribution in [0.5, 0.6) is 0 Å². The second kappa shape index (κ2) is 7.04. The van der Waals surface area contributed by atoms with Crippen LogP contribution in [0, 0.1) is 0 Å². The van der Waals surface area contributed by atoms with E-state index in [1.165, 1.54) is 0 Å². The fraction of sp³-hybridized carbons (Fsp3) is 1.00. The topological polar surface area (TPSA) is 92.3 Å². The molecule has 0 bridgehead atoms. The minimum absolute atomic E-state index is 0.00325. The Morgan fingerprint density at radius 1 is 1.11 bits per heavy atom. The summed E-state index contributed by atoms with van der Waals surface area (Å²) >= 11 is 5.46. The molecule has 9 heteroatoms. The van der Waals surface area contributed by atoms with Gasteiger partial charge in [0.1, 0.15) is 0 Å². The first-order chi connectivity index (χ1) is 7.97.